The molecule has 0 aromatic carbocycles. The van der Waals surface area contributed by atoms with Gasteiger partial charge in [0.25, 0.3) is 0 Å². The van der Waals surface area contributed by atoms with Crippen LogP contribution in [-0.4, -0.2) is 74.6 Å². The van der Waals surface area contributed by atoms with E-state index in [1.807, 2.05) is 14.2 Å². The quantitative estimate of drug-likeness (QED) is 0.656. The summed E-state index contributed by atoms with van der Waals surface area (Å²) in [7, 11) is 5.42. The lowest BCUT2D eigenvalue weighted by molar-refractivity contribution is -0.250. The monoisotopic (exact) mass is 393 g/mol. The molecule has 6 nitrogen and oxygen atoms in total. The highest BCUT2D eigenvalue weighted by Crippen LogP contribution is 2.77. The van der Waals surface area contributed by atoms with Crippen molar-refractivity contribution in [3.63, 3.8) is 0 Å². The van der Waals surface area contributed by atoms with Crippen LogP contribution < -0.4 is 5.32 Å². The molecule has 5 saturated carbocycles. The maximum Gasteiger partial charge on any atom is 0.0771 e. The van der Waals surface area contributed by atoms with Gasteiger partial charge in [0, 0.05) is 68.9 Å². The predicted molar refractivity (Wildman–Crippen MR) is 102 cm³/mol. The van der Waals surface area contributed by atoms with Crippen molar-refractivity contribution in [1.29, 1.82) is 0 Å². The van der Waals surface area contributed by atoms with Gasteiger partial charge >= 0.3 is 0 Å². The number of rotatable bonds is 4. The number of aliphatic hydroxyl groups is 2. The van der Waals surface area contributed by atoms with E-state index < -0.39 is 11.7 Å². The topological polar surface area (TPSA) is 80.2 Å². The maximum atomic E-state index is 12.1. The Labute approximate surface area is 167 Å². The van der Waals surface area contributed by atoms with Crippen molar-refractivity contribution in [3.8, 4) is 0 Å². The van der Waals surface area contributed by atoms with Crippen LogP contribution in [0.4, 0.5) is 0 Å². The lowest BCUT2D eigenvalue weighted by Gasteiger charge is -2.67. The number of piperidine rings is 1. The van der Waals surface area contributed by atoms with Gasteiger partial charge in [0.2, 0.25) is 0 Å². The first kappa shape index (κ1) is 18.5. The summed E-state index contributed by atoms with van der Waals surface area (Å²) < 4.78 is 17.8. The SMILES string of the molecule is COC[C@]12CC[C@H](OC)C34C(NC1)C(C[C@@H]32)C1(O)C[C@H](OC)C2C[C@@H]4[C@@H]1[C@H]2O. The molecule has 6 aliphatic rings. The van der Waals surface area contributed by atoms with Gasteiger partial charge in [0.15, 0.2) is 0 Å². The van der Waals surface area contributed by atoms with Gasteiger partial charge in [-0.3, -0.25) is 0 Å². The Hall–Kier alpha value is -0.240. The summed E-state index contributed by atoms with van der Waals surface area (Å²) in [5, 5.41) is 27.4. The van der Waals surface area contributed by atoms with Gasteiger partial charge in [-0.2, -0.15) is 0 Å². The van der Waals surface area contributed by atoms with Crippen LogP contribution >= 0.6 is 0 Å². The molecule has 28 heavy (non-hydrogen) atoms. The van der Waals surface area contributed by atoms with Crippen LogP contribution in [0, 0.1) is 40.4 Å². The summed E-state index contributed by atoms with van der Waals surface area (Å²) in [6.45, 7) is 1.74. The van der Waals surface area contributed by atoms with Crippen LogP contribution in [0.5, 0.6) is 0 Å². The third-order valence-electron chi connectivity index (χ3n) is 10.6. The minimum atomic E-state index is -0.848. The van der Waals surface area contributed by atoms with Gasteiger partial charge in [-0.05, 0) is 37.5 Å². The Morgan fingerprint density at radius 3 is 2.64 bits per heavy atom. The van der Waals surface area contributed by atoms with Gasteiger partial charge in [-0.1, -0.05) is 0 Å². The van der Waals surface area contributed by atoms with Crippen molar-refractivity contribution < 1.29 is 24.4 Å². The normalized spacial score (nSPS) is 63.5. The van der Waals surface area contributed by atoms with E-state index in [1.54, 1.807) is 7.11 Å². The van der Waals surface area contributed by atoms with Crippen molar-refractivity contribution in [1.82, 2.24) is 5.32 Å². The largest absolute Gasteiger partial charge is 0.392 e. The first-order valence-electron chi connectivity index (χ1n) is 11.2. The van der Waals surface area contributed by atoms with Crippen molar-refractivity contribution in [2.75, 3.05) is 34.5 Å². The number of hydrogen-bond donors (Lipinski definition) is 3. The third-order valence-corrected chi connectivity index (χ3v) is 10.6. The molecule has 7 bridgehead atoms. The van der Waals surface area contributed by atoms with Crippen molar-refractivity contribution >= 4 is 0 Å². The summed E-state index contributed by atoms with van der Waals surface area (Å²) in [6, 6.07) is 0.264. The first-order chi connectivity index (χ1) is 13.5. The zero-order valence-electron chi connectivity index (χ0n) is 17.3. The first-order valence-corrected chi connectivity index (χ1v) is 11.2. The molecule has 6 fully saturated rings. The summed E-state index contributed by atoms with van der Waals surface area (Å²) in [4.78, 5) is 0. The second-order valence-corrected chi connectivity index (χ2v) is 10.8. The lowest BCUT2D eigenvalue weighted by Crippen LogP contribution is -2.76. The molecule has 1 aliphatic heterocycles. The predicted octanol–water partition coefficient (Wildman–Crippen LogP) is 0.799. The zero-order valence-corrected chi connectivity index (χ0v) is 17.3. The summed E-state index contributed by atoms with van der Waals surface area (Å²) >= 11 is 0. The smallest absolute Gasteiger partial charge is 0.0771 e. The second-order valence-electron chi connectivity index (χ2n) is 10.8. The van der Waals surface area contributed by atoms with E-state index in [4.69, 9.17) is 14.2 Å². The molecule has 5 unspecified atom stereocenters. The number of aliphatic hydroxyl groups excluding tert-OH is 1. The standard InChI is InChI=1S/C22H35NO5/c1-26-10-20-5-4-16(28-3)22-12-6-11-14(27-2)8-21(25,17(12)18(11)24)13(7-15(20)22)19(22)23-9-20/h11-19,23-25H,4-10H2,1-3H3/t11?,12-,13?,14+,15-,16+,17-,18+,19?,20+,21?,22?/m1/s1. The Morgan fingerprint density at radius 1 is 1.11 bits per heavy atom. The molecule has 1 saturated heterocycles. The Morgan fingerprint density at radius 2 is 1.93 bits per heavy atom. The number of hydrogen-bond acceptors (Lipinski definition) is 6. The number of nitrogens with one attached hydrogen (secondary N) is 1. The summed E-state index contributed by atoms with van der Waals surface area (Å²) in [6.07, 6.45) is 4.45. The zero-order chi connectivity index (χ0) is 19.5. The van der Waals surface area contributed by atoms with Crippen LogP contribution in [0.3, 0.4) is 0 Å². The molecule has 3 N–H and O–H groups in total. The van der Waals surface area contributed by atoms with Crippen molar-refractivity contribution in [2.45, 2.75) is 62.1 Å². The van der Waals surface area contributed by atoms with Crippen LogP contribution in [0.15, 0.2) is 0 Å². The summed E-state index contributed by atoms with van der Waals surface area (Å²) in [5.41, 5.74) is -0.739. The van der Waals surface area contributed by atoms with Crippen molar-refractivity contribution in [3.05, 3.63) is 0 Å². The minimum absolute atomic E-state index is 0.0102. The maximum absolute atomic E-state index is 12.1. The molecule has 1 heterocycles. The molecule has 0 aromatic heterocycles. The van der Waals surface area contributed by atoms with E-state index in [9.17, 15) is 10.2 Å². The average Bonchev–Trinajstić information content (AvgIpc) is 3.07. The van der Waals surface area contributed by atoms with Crippen LogP contribution in [0.1, 0.15) is 32.1 Å². The highest BCUT2D eigenvalue weighted by molar-refractivity contribution is 5.32. The fourth-order valence-corrected chi connectivity index (χ4v) is 9.99. The molecule has 0 aromatic rings. The number of fused-ring (bicyclic) bond motifs is 2. The van der Waals surface area contributed by atoms with Crippen LogP contribution in [0.2, 0.25) is 0 Å². The molecular weight excluding hydrogens is 358 g/mol. The lowest BCUT2D eigenvalue weighted by atomic mass is 9.43. The molecule has 1 spiro atoms. The van der Waals surface area contributed by atoms with E-state index in [2.05, 4.69) is 5.32 Å². The van der Waals surface area contributed by atoms with Crippen molar-refractivity contribution in [2.24, 2.45) is 40.4 Å². The highest BCUT2D eigenvalue weighted by Gasteiger charge is 2.82. The van der Waals surface area contributed by atoms with Gasteiger partial charge < -0.3 is 29.7 Å². The molecule has 6 rings (SSSR count). The Kier molecular flexibility index (Phi) is 3.78. The van der Waals surface area contributed by atoms with Gasteiger partial charge in [0.1, 0.15) is 0 Å². The summed E-state index contributed by atoms with van der Waals surface area (Å²) in [5.74, 6) is 0.999. The molecule has 158 valence electrons. The third kappa shape index (κ3) is 1.76. The van der Waals surface area contributed by atoms with Crippen LogP contribution in [0.25, 0.3) is 0 Å². The molecule has 5 aliphatic carbocycles. The van der Waals surface area contributed by atoms with E-state index in [0.29, 0.717) is 12.3 Å². The Balaban J connectivity index is 1.55. The molecule has 6 heteroatoms. The second kappa shape index (κ2) is 5.71. The minimum Gasteiger partial charge on any atom is -0.392 e. The van der Waals surface area contributed by atoms with Gasteiger partial charge in [-0.25, -0.2) is 0 Å². The average molecular weight is 394 g/mol. The van der Waals surface area contributed by atoms with Gasteiger partial charge in [0.05, 0.1) is 30.5 Å². The number of methoxy groups -OCH3 is 3. The number of ether oxygens (including phenoxy) is 3. The Bertz CT molecular complexity index is 675. The molecule has 0 radical (unpaired) electrons. The van der Waals surface area contributed by atoms with Gasteiger partial charge in [-0.15, -0.1) is 0 Å². The van der Waals surface area contributed by atoms with E-state index in [1.165, 1.54) is 0 Å². The van der Waals surface area contributed by atoms with Crippen LogP contribution in [-0.2, 0) is 14.2 Å². The van der Waals surface area contributed by atoms with E-state index in [-0.39, 0.29) is 52.8 Å². The van der Waals surface area contributed by atoms with E-state index in [0.717, 1.165) is 38.8 Å². The molecular formula is C22H35NO5. The van der Waals surface area contributed by atoms with E-state index >= 15 is 0 Å². The fraction of sp³-hybridized carbons (Fsp3) is 1.00. The highest BCUT2D eigenvalue weighted by atomic mass is 16.5. The molecule has 12 atom stereocenters. The molecule has 0 amide bonds. The fourth-order valence-electron chi connectivity index (χ4n) is 9.99.